The molecule has 0 unspecified atom stereocenters. The average molecular weight is 290 g/mol. The Balaban J connectivity index is 2.34. The Kier molecular flexibility index (Phi) is 3.55. The van der Waals surface area contributed by atoms with Crippen molar-refractivity contribution >= 4 is 15.9 Å². The number of benzene rings is 2. The molecule has 0 saturated carbocycles. The molecule has 0 N–H and O–H groups in total. The van der Waals surface area contributed by atoms with Gasteiger partial charge in [-0.15, -0.1) is 0 Å². The zero-order valence-corrected chi connectivity index (χ0v) is 10.5. The fraction of sp³-hybridized carbons (Fsp3) is 0.0714. The lowest BCUT2D eigenvalue weighted by Crippen LogP contribution is -1.95. The first kappa shape index (κ1) is 11.8. The fourth-order valence-electron chi connectivity index (χ4n) is 1.66. The third kappa shape index (κ3) is 2.72. The Morgan fingerprint density at radius 2 is 1.82 bits per heavy atom. The largest absolute Gasteiger partial charge is 0.206 e. The first-order valence-electron chi connectivity index (χ1n) is 5.12. The van der Waals surface area contributed by atoms with Crippen molar-refractivity contribution in [3.05, 3.63) is 69.4 Å². The average Bonchev–Trinajstić information content (AvgIpc) is 2.32. The van der Waals surface area contributed by atoms with Crippen molar-refractivity contribution in [3.63, 3.8) is 0 Å². The van der Waals surface area contributed by atoms with Gasteiger partial charge >= 0.3 is 0 Å². The summed E-state index contributed by atoms with van der Waals surface area (Å²) in [6.07, 6.45) is 0.563. The Labute approximate surface area is 108 Å². The highest BCUT2D eigenvalue weighted by atomic mass is 79.9. The first-order valence-corrected chi connectivity index (χ1v) is 5.92. The second kappa shape index (κ2) is 5.11. The van der Waals surface area contributed by atoms with Crippen LogP contribution in [0, 0.1) is 17.1 Å². The molecular formula is C14H9BrFN. The van der Waals surface area contributed by atoms with Gasteiger partial charge in [-0.25, -0.2) is 4.39 Å². The summed E-state index contributed by atoms with van der Waals surface area (Å²) in [7, 11) is 0. The second-order valence-corrected chi connectivity index (χ2v) is 4.60. The van der Waals surface area contributed by atoms with Crippen LogP contribution in [0.15, 0.2) is 46.9 Å². The van der Waals surface area contributed by atoms with Gasteiger partial charge in [0.2, 0.25) is 0 Å². The van der Waals surface area contributed by atoms with Gasteiger partial charge in [-0.1, -0.05) is 40.2 Å². The Hall–Kier alpha value is -1.66. The van der Waals surface area contributed by atoms with Gasteiger partial charge in [-0.05, 0) is 35.7 Å². The number of hydrogen-bond acceptors (Lipinski definition) is 1. The zero-order chi connectivity index (χ0) is 12.3. The normalized spacial score (nSPS) is 9.94. The molecule has 0 amide bonds. The molecule has 17 heavy (non-hydrogen) atoms. The highest BCUT2D eigenvalue weighted by molar-refractivity contribution is 9.10. The summed E-state index contributed by atoms with van der Waals surface area (Å²) in [6.45, 7) is 0. The van der Waals surface area contributed by atoms with E-state index in [1.54, 1.807) is 12.1 Å². The Bertz CT molecular complexity index is 570. The summed E-state index contributed by atoms with van der Waals surface area (Å²) in [6, 6.07) is 14.4. The Morgan fingerprint density at radius 1 is 1.12 bits per heavy atom. The second-order valence-electron chi connectivity index (χ2n) is 3.69. The van der Waals surface area contributed by atoms with Crippen LogP contribution in [-0.4, -0.2) is 0 Å². The van der Waals surface area contributed by atoms with E-state index in [9.17, 15) is 4.39 Å². The predicted molar refractivity (Wildman–Crippen MR) is 68.1 cm³/mol. The number of nitrogens with zero attached hydrogens (tertiary/aromatic N) is 1. The topological polar surface area (TPSA) is 23.8 Å². The van der Waals surface area contributed by atoms with Gasteiger partial charge in [0.15, 0.2) is 0 Å². The van der Waals surface area contributed by atoms with Crippen LogP contribution in [-0.2, 0) is 6.42 Å². The molecule has 84 valence electrons. The molecule has 0 heterocycles. The van der Waals surface area contributed by atoms with E-state index in [-0.39, 0.29) is 5.56 Å². The van der Waals surface area contributed by atoms with Crippen LogP contribution in [0.2, 0.25) is 0 Å². The van der Waals surface area contributed by atoms with E-state index >= 15 is 0 Å². The zero-order valence-electron chi connectivity index (χ0n) is 8.95. The van der Waals surface area contributed by atoms with Gasteiger partial charge < -0.3 is 0 Å². The number of halogens is 2. The summed E-state index contributed by atoms with van der Waals surface area (Å²) in [5.41, 5.74) is 1.90. The van der Waals surface area contributed by atoms with Crippen molar-refractivity contribution in [1.29, 1.82) is 5.26 Å². The lowest BCUT2D eigenvalue weighted by atomic mass is 10.0. The van der Waals surface area contributed by atoms with Crippen LogP contribution in [0.4, 0.5) is 4.39 Å². The van der Waals surface area contributed by atoms with E-state index in [4.69, 9.17) is 5.26 Å². The van der Waals surface area contributed by atoms with E-state index in [0.717, 1.165) is 15.6 Å². The van der Waals surface area contributed by atoms with E-state index in [0.29, 0.717) is 6.42 Å². The standard InChI is InChI=1S/C14H9BrFN/c15-12-6-4-10(5-7-12)8-11-2-1-3-14(16)13(11)9-17/h1-7H,8H2. The molecule has 2 rings (SSSR count). The van der Waals surface area contributed by atoms with Gasteiger partial charge in [0.05, 0.1) is 5.56 Å². The molecule has 2 aromatic carbocycles. The van der Waals surface area contributed by atoms with Gasteiger partial charge in [-0.3, -0.25) is 0 Å². The monoisotopic (exact) mass is 289 g/mol. The third-order valence-corrected chi connectivity index (χ3v) is 3.05. The minimum atomic E-state index is -0.456. The Morgan fingerprint density at radius 3 is 2.47 bits per heavy atom. The smallest absolute Gasteiger partial charge is 0.141 e. The van der Waals surface area contributed by atoms with Gasteiger partial charge in [0.25, 0.3) is 0 Å². The molecule has 0 radical (unpaired) electrons. The van der Waals surface area contributed by atoms with Crippen molar-refractivity contribution in [1.82, 2.24) is 0 Å². The number of hydrogen-bond donors (Lipinski definition) is 0. The van der Waals surface area contributed by atoms with Crippen LogP contribution >= 0.6 is 15.9 Å². The summed E-state index contributed by atoms with van der Waals surface area (Å²) >= 11 is 3.36. The molecule has 0 spiro atoms. The molecule has 0 aliphatic carbocycles. The summed E-state index contributed by atoms with van der Waals surface area (Å²) < 4.78 is 14.4. The maximum Gasteiger partial charge on any atom is 0.141 e. The van der Waals surface area contributed by atoms with E-state index in [2.05, 4.69) is 15.9 Å². The quantitative estimate of drug-likeness (QED) is 0.818. The van der Waals surface area contributed by atoms with Crippen molar-refractivity contribution < 1.29 is 4.39 Å². The first-order chi connectivity index (χ1) is 8.20. The van der Waals surface area contributed by atoms with E-state index in [1.807, 2.05) is 30.3 Å². The van der Waals surface area contributed by atoms with Crippen LogP contribution in [0.25, 0.3) is 0 Å². The minimum absolute atomic E-state index is 0.135. The van der Waals surface area contributed by atoms with Crippen molar-refractivity contribution in [2.75, 3.05) is 0 Å². The fourth-order valence-corrected chi connectivity index (χ4v) is 1.93. The predicted octanol–water partition coefficient (Wildman–Crippen LogP) is 4.05. The lowest BCUT2D eigenvalue weighted by molar-refractivity contribution is 0.622. The molecule has 1 nitrogen and oxygen atoms in total. The molecule has 0 aliphatic rings. The van der Waals surface area contributed by atoms with Crippen LogP contribution in [0.1, 0.15) is 16.7 Å². The molecule has 0 bridgehead atoms. The minimum Gasteiger partial charge on any atom is -0.206 e. The van der Waals surface area contributed by atoms with E-state index in [1.165, 1.54) is 6.07 Å². The van der Waals surface area contributed by atoms with Crippen LogP contribution in [0.3, 0.4) is 0 Å². The molecule has 0 aromatic heterocycles. The molecule has 2 aromatic rings. The van der Waals surface area contributed by atoms with Crippen LogP contribution in [0.5, 0.6) is 0 Å². The third-order valence-electron chi connectivity index (χ3n) is 2.52. The molecule has 3 heteroatoms. The highest BCUT2D eigenvalue weighted by Gasteiger charge is 2.07. The SMILES string of the molecule is N#Cc1c(F)cccc1Cc1ccc(Br)cc1. The molecule has 0 saturated heterocycles. The highest BCUT2D eigenvalue weighted by Crippen LogP contribution is 2.18. The summed E-state index contributed by atoms with van der Waals surface area (Å²) in [5.74, 6) is -0.456. The molecular weight excluding hydrogens is 281 g/mol. The molecule has 0 fully saturated rings. The number of rotatable bonds is 2. The molecule has 0 atom stereocenters. The van der Waals surface area contributed by atoms with Crippen LogP contribution < -0.4 is 0 Å². The molecule has 0 aliphatic heterocycles. The number of nitriles is 1. The van der Waals surface area contributed by atoms with Crippen molar-refractivity contribution in [2.24, 2.45) is 0 Å². The van der Waals surface area contributed by atoms with Crippen molar-refractivity contribution in [2.45, 2.75) is 6.42 Å². The van der Waals surface area contributed by atoms with Gasteiger partial charge in [0.1, 0.15) is 11.9 Å². The summed E-state index contributed by atoms with van der Waals surface area (Å²) in [5, 5.41) is 8.92. The van der Waals surface area contributed by atoms with E-state index < -0.39 is 5.82 Å². The van der Waals surface area contributed by atoms with Gasteiger partial charge in [-0.2, -0.15) is 5.26 Å². The summed E-state index contributed by atoms with van der Waals surface area (Å²) in [4.78, 5) is 0. The maximum absolute atomic E-state index is 13.4. The van der Waals surface area contributed by atoms with Gasteiger partial charge in [0, 0.05) is 4.47 Å². The van der Waals surface area contributed by atoms with Crippen molar-refractivity contribution in [3.8, 4) is 6.07 Å². The lowest BCUT2D eigenvalue weighted by Gasteiger charge is -2.05. The maximum atomic E-state index is 13.4.